The highest BCUT2D eigenvalue weighted by Gasteiger charge is 2.32. The Morgan fingerprint density at radius 2 is 2.15 bits per heavy atom. The van der Waals surface area contributed by atoms with Crippen LogP contribution in [-0.2, 0) is 14.3 Å². The number of ether oxygens (including phenoxy) is 2. The summed E-state index contributed by atoms with van der Waals surface area (Å²) in [5.41, 5.74) is 1.07. The number of morpholine rings is 1. The molecule has 0 bridgehead atoms. The van der Waals surface area contributed by atoms with Crippen LogP contribution in [0.15, 0.2) is 23.6 Å². The molecule has 1 atom stereocenters. The summed E-state index contributed by atoms with van der Waals surface area (Å²) in [4.78, 5) is 16.0. The molecule has 5 heteroatoms. The van der Waals surface area contributed by atoms with Crippen LogP contribution in [0.4, 0.5) is 0 Å². The monoisotopic (exact) mass is 278 g/mol. The number of rotatable bonds is 4. The summed E-state index contributed by atoms with van der Waals surface area (Å²) in [5.74, 6) is 0.881. The first-order valence-electron chi connectivity index (χ1n) is 7.39. The molecular weight excluding hydrogens is 256 g/mol. The maximum absolute atomic E-state index is 11.4. The Balaban J connectivity index is 1.49. The third kappa shape index (κ3) is 2.88. The van der Waals surface area contributed by atoms with E-state index in [0.717, 1.165) is 57.1 Å². The van der Waals surface area contributed by atoms with Crippen molar-refractivity contribution in [3.8, 4) is 0 Å². The predicted molar refractivity (Wildman–Crippen MR) is 74.9 cm³/mol. The van der Waals surface area contributed by atoms with Crippen LogP contribution >= 0.6 is 0 Å². The fourth-order valence-corrected chi connectivity index (χ4v) is 2.94. The Morgan fingerprint density at radius 1 is 1.35 bits per heavy atom. The van der Waals surface area contributed by atoms with Crippen molar-refractivity contribution in [3.05, 3.63) is 23.6 Å². The molecule has 1 unspecified atom stereocenters. The normalized spacial score (nSPS) is 26.9. The zero-order valence-corrected chi connectivity index (χ0v) is 12.0. The van der Waals surface area contributed by atoms with Gasteiger partial charge in [0.25, 0.3) is 0 Å². The Morgan fingerprint density at radius 3 is 2.95 bits per heavy atom. The van der Waals surface area contributed by atoms with Crippen molar-refractivity contribution in [2.45, 2.75) is 25.5 Å². The van der Waals surface area contributed by atoms with Gasteiger partial charge in [-0.2, -0.15) is 0 Å². The molecule has 3 aliphatic rings. The van der Waals surface area contributed by atoms with Crippen molar-refractivity contribution in [2.75, 3.05) is 39.9 Å². The van der Waals surface area contributed by atoms with Crippen molar-refractivity contribution in [1.29, 1.82) is 0 Å². The van der Waals surface area contributed by atoms with Gasteiger partial charge in [-0.15, -0.1) is 0 Å². The van der Waals surface area contributed by atoms with Gasteiger partial charge in [0, 0.05) is 39.1 Å². The number of allylic oxidation sites excluding steroid dienone is 2. The van der Waals surface area contributed by atoms with Crippen LogP contribution in [-0.4, -0.2) is 61.7 Å². The van der Waals surface area contributed by atoms with Crippen molar-refractivity contribution < 1.29 is 14.3 Å². The number of hydrogen-bond donors (Lipinski definition) is 0. The molecule has 2 aliphatic heterocycles. The molecule has 0 saturated carbocycles. The molecular formula is C15H22N2O3. The molecule has 0 amide bonds. The number of likely N-dealkylation sites (N-methyl/N-ethyl adjacent to an activating group) is 1. The lowest BCUT2D eigenvalue weighted by Crippen LogP contribution is -2.37. The second-order valence-electron chi connectivity index (χ2n) is 5.55. The highest BCUT2D eigenvalue weighted by molar-refractivity contribution is 5.93. The van der Waals surface area contributed by atoms with Crippen molar-refractivity contribution in [3.63, 3.8) is 0 Å². The van der Waals surface area contributed by atoms with Gasteiger partial charge in [-0.05, 0) is 19.0 Å². The summed E-state index contributed by atoms with van der Waals surface area (Å²) >= 11 is 0. The van der Waals surface area contributed by atoms with Gasteiger partial charge in [-0.3, -0.25) is 9.69 Å². The average molecular weight is 278 g/mol. The number of fused-ring (bicyclic) bond motifs is 1. The fourth-order valence-electron chi connectivity index (χ4n) is 2.94. The molecule has 110 valence electrons. The van der Waals surface area contributed by atoms with Crippen LogP contribution in [0.1, 0.15) is 19.3 Å². The van der Waals surface area contributed by atoms with Crippen LogP contribution in [0.2, 0.25) is 0 Å². The molecule has 0 spiro atoms. The van der Waals surface area contributed by atoms with Gasteiger partial charge >= 0.3 is 0 Å². The maximum atomic E-state index is 11.4. The Hall–Kier alpha value is -1.33. The van der Waals surface area contributed by atoms with Gasteiger partial charge in [-0.25, -0.2) is 0 Å². The maximum Gasteiger partial charge on any atom is 0.172 e. The molecule has 2 fully saturated rings. The zero-order valence-electron chi connectivity index (χ0n) is 12.0. The number of carbonyl (C=O) groups excluding carboxylic acids is 1. The SMILES string of the molecule is CN1C2=CCC(=O)C=C2OC1CCCN1CCOCC1. The van der Waals surface area contributed by atoms with Gasteiger partial charge in [0.05, 0.1) is 18.9 Å². The number of nitrogens with zero attached hydrogens (tertiary/aromatic N) is 2. The second kappa shape index (κ2) is 5.97. The van der Waals surface area contributed by atoms with E-state index >= 15 is 0 Å². The molecule has 0 N–H and O–H groups in total. The zero-order chi connectivity index (χ0) is 13.9. The lowest BCUT2D eigenvalue weighted by Gasteiger charge is -2.27. The van der Waals surface area contributed by atoms with E-state index in [4.69, 9.17) is 9.47 Å². The summed E-state index contributed by atoms with van der Waals surface area (Å²) in [6.45, 7) is 4.86. The van der Waals surface area contributed by atoms with Crippen LogP contribution in [0.5, 0.6) is 0 Å². The minimum Gasteiger partial charge on any atom is -0.468 e. The molecule has 20 heavy (non-hydrogen) atoms. The van der Waals surface area contributed by atoms with Gasteiger partial charge in [0.1, 0.15) is 5.76 Å². The Kier molecular flexibility index (Phi) is 4.08. The Labute approximate surface area is 119 Å². The predicted octanol–water partition coefficient (Wildman–Crippen LogP) is 1.13. The topological polar surface area (TPSA) is 42.0 Å². The van der Waals surface area contributed by atoms with Gasteiger partial charge in [0.15, 0.2) is 12.0 Å². The molecule has 2 heterocycles. The second-order valence-corrected chi connectivity index (χ2v) is 5.55. The quantitative estimate of drug-likeness (QED) is 0.771. The van der Waals surface area contributed by atoms with E-state index in [-0.39, 0.29) is 12.0 Å². The van der Waals surface area contributed by atoms with E-state index in [1.54, 1.807) is 6.08 Å². The minimum atomic E-state index is 0.0689. The van der Waals surface area contributed by atoms with Crippen molar-refractivity contribution in [1.82, 2.24) is 9.80 Å². The first-order chi connectivity index (χ1) is 9.74. The molecule has 2 saturated heterocycles. The fraction of sp³-hybridized carbons (Fsp3) is 0.667. The molecule has 5 nitrogen and oxygen atoms in total. The van der Waals surface area contributed by atoms with E-state index in [2.05, 4.69) is 9.80 Å². The summed E-state index contributed by atoms with van der Waals surface area (Å²) < 4.78 is 11.2. The number of hydrogen-bond acceptors (Lipinski definition) is 5. The van der Waals surface area contributed by atoms with Crippen LogP contribution in [0, 0.1) is 0 Å². The van der Waals surface area contributed by atoms with Crippen molar-refractivity contribution in [2.24, 2.45) is 0 Å². The summed E-state index contributed by atoms with van der Waals surface area (Å²) in [6, 6.07) is 0. The summed E-state index contributed by atoms with van der Waals surface area (Å²) in [5, 5.41) is 0. The highest BCUT2D eigenvalue weighted by atomic mass is 16.5. The van der Waals surface area contributed by atoms with E-state index in [1.807, 2.05) is 13.1 Å². The van der Waals surface area contributed by atoms with Gasteiger partial charge in [0.2, 0.25) is 0 Å². The molecule has 0 aromatic rings. The van der Waals surface area contributed by atoms with E-state index in [9.17, 15) is 4.79 Å². The molecule has 0 aromatic heterocycles. The molecule has 0 aromatic carbocycles. The van der Waals surface area contributed by atoms with E-state index in [0.29, 0.717) is 6.42 Å². The third-order valence-electron chi connectivity index (χ3n) is 4.15. The molecule has 0 radical (unpaired) electrons. The minimum absolute atomic E-state index is 0.0689. The van der Waals surface area contributed by atoms with Gasteiger partial charge in [-0.1, -0.05) is 0 Å². The number of carbonyl (C=O) groups is 1. The summed E-state index contributed by atoms with van der Waals surface area (Å²) in [6.07, 6.45) is 6.25. The lowest BCUT2D eigenvalue weighted by molar-refractivity contribution is -0.114. The smallest absolute Gasteiger partial charge is 0.172 e. The van der Waals surface area contributed by atoms with Crippen molar-refractivity contribution >= 4 is 5.78 Å². The number of ketones is 1. The van der Waals surface area contributed by atoms with E-state index < -0.39 is 0 Å². The van der Waals surface area contributed by atoms with Crippen LogP contribution < -0.4 is 0 Å². The van der Waals surface area contributed by atoms with Gasteiger partial charge < -0.3 is 14.4 Å². The van der Waals surface area contributed by atoms with Crippen LogP contribution in [0.25, 0.3) is 0 Å². The van der Waals surface area contributed by atoms with E-state index in [1.165, 1.54) is 0 Å². The first-order valence-corrected chi connectivity index (χ1v) is 7.39. The Bertz CT molecular complexity index is 438. The largest absolute Gasteiger partial charge is 0.468 e. The standard InChI is InChI=1S/C15H22N2O3/c1-16-13-5-4-12(18)11-14(13)20-15(16)3-2-6-17-7-9-19-10-8-17/h5,11,15H,2-4,6-10H2,1H3. The molecule has 1 aliphatic carbocycles. The van der Waals surface area contributed by atoms with Crippen LogP contribution in [0.3, 0.4) is 0 Å². The molecule has 3 rings (SSSR count). The average Bonchev–Trinajstić information content (AvgIpc) is 2.76. The lowest BCUT2D eigenvalue weighted by atomic mass is 10.1. The third-order valence-corrected chi connectivity index (χ3v) is 4.15. The summed E-state index contributed by atoms with van der Waals surface area (Å²) in [7, 11) is 2.04. The first kappa shape index (κ1) is 13.6. The highest BCUT2D eigenvalue weighted by Crippen LogP contribution is 2.33.